The lowest BCUT2D eigenvalue weighted by Crippen LogP contribution is -2.40. The van der Waals surface area contributed by atoms with Crippen LogP contribution >= 0.6 is 0 Å². The van der Waals surface area contributed by atoms with Crippen LogP contribution in [-0.2, 0) is 0 Å². The normalized spacial score (nSPS) is 17.3. The summed E-state index contributed by atoms with van der Waals surface area (Å²) in [7, 11) is 0. The summed E-state index contributed by atoms with van der Waals surface area (Å²) in [4.78, 5) is 11.0. The highest BCUT2D eigenvalue weighted by Gasteiger charge is 2.17. The van der Waals surface area contributed by atoms with E-state index < -0.39 is 0 Å². The summed E-state index contributed by atoms with van der Waals surface area (Å²) in [5.74, 6) is 1.92. The molecular weight excluding hydrogens is 250 g/mol. The van der Waals surface area contributed by atoms with Crippen LogP contribution in [0.25, 0.3) is 0 Å². The van der Waals surface area contributed by atoms with E-state index in [2.05, 4.69) is 41.0 Å². The SMILES string of the molecule is CC(C)(C)CCNc1cc(N2CCC(N)CC2)ncn1. The highest BCUT2D eigenvalue weighted by Crippen LogP contribution is 2.20. The van der Waals surface area contributed by atoms with Crippen molar-refractivity contribution >= 4 is 11.6 Å². The van der Waals surface area contributed by atoms with Gasteiger partial charge in [-0.25, -0.2) is 9.97 Å². The Hall–Kier alpha value is -1.36. The third kappa shape index (κ3) is 4.63. The zero-order chi connectivity index (χ0) is 14.6. The molecule has 0 unspecified atom stereocenters. The summed E-state index contributed by atoms with van der Waals surface area (Å²) in [6, 6.07) is 2.39. The van der Waals surface area contributed by atoms with Crippen LogP contribution in [0.4, 0.5) is 11.6 Å². The van der Waals surface area contributed by atoms with Crippen molar-refractivity contribution in [1.29, 1.82) is 0 Å². The smallest absolute Gasteiger partial charge is 0.134 e. The molecule has 5 nitrogen and oxygen atoms in total. The van der Waals surface area contributed by atoms with E-state index in [9.17, 15) is 0 Å². The second-order valence-electron chi connectivity index (χ2n) is 6.82. The monoisotopic (exact) mass is 277 g/mol. The molecule has 5 heteroatoms. The van der Waals surface area contributed by atoms with Crippen LogP contribution in [0.15, 0.2) is 12.4 Å². The summed E-state index contributed by atoms with van der Waals surface area (Å²) >= 11 is 0. The van der Waals surface area contributed by atoms with E-state index in [0.717, 1.165) is 50.5 Å². The number of hydrogen-bond acceptors (Lipinski definition) is 5. The maximum absolute atomic E-state index is 5.94. The highest BCUT2D eigenvalue weighted by atomic mass is 15.2. The lowest BCUT2D eigenvalue weighted by Gasteiger charge is -2.31. The molecule has 1 aliphatic rings. The van der Waals surface area contributed by atoms with E-state index in [1.165, 1.54) is 0 Å². The summed E-state index contributed by atoms with van der Waals surface area (Å²) in [5.41, 5.74) is 6.28. The van der Waals surface area contributed by atoms with Crippen molar-refractivity contribution in [3.05, 3.63) is 12.4 Å². The van der Waals surface area contributed by atoms with Gasteiger partial charge in [-0.15, -0.1) is 0 Å². The first kappa shape index (κ1) is 15.0. The first-order chi connectivity index (χ1) is 9.44. The number of nitrogens with two attached hydrogens (primary N) is 1. The maximum atomic E-state index is 5.94. The van der Waals surface area contributed by atoms with Gasteiger partial charge in [-0.3, -0.25) is 0 Å². The van der Waals surface area contributed by atoms with Crippen LogP contribution in [0, 0.1) is 5.41 Å². The number of nitrogens with zero attached hydrogens (tertiary/aromatic N) is 3. The Labute approximate surface area is 122 Å². The van der Waals surface area contributed by atoms with Gasteiger partial charge in [0.15, 0.2) is 0 Å². The quantitative estimate of drug-likeness (QED) is 0.883. The van der Waals surface area contributed by atoms with Crippen LogP contribution < -0.4 is 16.0 Å². The second kappa shape index (κ2) is 6.39. The molecule has 112 valence electrons. The van der Waals surface area contributed by atoms with Gasteiger partial charge in [-0.05, 0) is 24.7 Å². The molecule has 1 fully saturated rings. The molecule has 0 bridgehead atoms. The van der Waals surface area contributed by atoms with Gasteiger partial charge >= 0.3 is 0 Å². The van der Waals surface area contributed by atoms with Crippen molar-refractivity contribution in [3.63, 3.8) is 0 Å². The summed E-state index contributed by atoms with van der Waals surface area (Å²) in [5, 5.41) is 3.39. The Morgan fingerprint density at radius 1 is 1.30 bits per heavy atom. The van der Waals surface area contributed by atoms with E-state index in [0.29, 0.717) is 11.5 Å². The molecule has 3 N–H and O–H groups in total. The van der Waals surface area contributed by atoms with Gasteiger partial charge < -0.3 is 16.0 Å². The summed E-state index contributed by atoms with van der Waals surface area (Å²) < 4.78 is 0. The molecule has 1 saturated heterocycles. The minimum Gasteiger partial charge on any atom is -0.370 e. The Kier molecular flexibility index (Phi) is 4.81. The molecule has 0 atom stereocenters. The van der Waals surface area contributed by atoms with E-state index in [-0.39, 0.29) is 0 Å². The molecule has 0 saturated carbocycles. The molecule has 1 aliphatic heterocycles. The van der Waals surface area contributed by atoms with Crippen molar-refractivity contribution < 1.29 is 0 Å². The van der Waals surface area contributed by atoms with Gasteiger partial charge in [0, 0.05) is 31.7 Å². The minimum absolute atomic E-state index is 0.339. The fraction of sp³-hybridized carbons (Fsp3) is 0.733. The van der Waals surface area contributed by atoms with Crippen molar-refractivity contribution in [2.75, 3.05) is 29.9 Å². The van der Waals surface area contributed by atoms with Gasteiger partial charge in [0.1, 0.15) is 18.0 Å². The predicted octanol–water partition coefficient (Wildman–Crippen LogP) is 2.25. The Balaban J connectivity index is 1.91. The number of nitrogens with one attached hydrogen (secondary N) is 1. The van der Waals surface area contributed by atoms with Crippen molar-refractivity contribution in [2.24, 2.45) is 11.1 Å². The lowest BCUT2D eigenvalue weighted by atomic mass is 9.92. The largest absolute Gasteiger partial charge is 0.370 e. The van der Waals surface area contributed by atoms with Gasteiger partial charge in [0.05, 0.1) is 0 Å². The first-order valence-electron chi connectivity index (χ1n) is 7.50. The molecule has 0 aromatic carbocycles. The van der Waals surface area contributed by atoms with E-state index in [1.54, 1.807) is 6.33 Å². The topological polar surface area (TPSA) is 67.1 Å². The number of rotatable bonds is 4. The molecule has 0 radical (unpaired) electrons. The van der Waals surface area contributed by atoms with E-state index in [4.69, 9.17) is 5.73 Å². The standard InChI is InChI=1S/C15H27N5/c1-15(2,3)6-7-17-13-10-14(19-11-18-13)20-8-4-12(16)5-9-20/h10-12H,4-9,16H2,1-3H3,(H,17,18,19). The zero-order valence-electron chi connectivity index (χ0n) is 12.9. The van der Waals surface area contributed by atoms with Crippen LogP contribution in [0.1, 0.15) is 40.0 Å². The summed E-state index contributed by atoms with van der Waals surface area (Å²) in [6.45, 7) is 9.65. The van der Waals surface area contributed by atoms with Crippen LogP contribution in [0.5, 0.6) is 0 Å². The average Bonchev–Trinajstić information content (AvgIpc) is 2.38. The third-order valence-electron chi connectivity index (χ3n) is 3.70. The van der Waals surface area contributed by atoms with Gasteiger partial charge in [-0.2, -0.15) is 0 Å². The second-order valence-corrected chi connectivity index (χ2v) is 6.82. The third-order valence-corrected chi connectivity index (χ3v) is 3.70. The van der Waals surface area contributed by atoms with Crippen molar-refractivity contribution in [3.8, 4) is 0 Å². The molecule has 2 rings (SSSR count). The number of anilines is 2. The van der Waals surface area contributed by atoms with Crippen LogP contribution in [0.3, 0.4) is 0 Å². The fourth-order valence-corrected chi connectivity index (χ4v) is 2.31. The van der Waals surface area contributed by atoms with Crippen molar-refractivity contribution in [1.82, 2.24) is 9.97 Å². The maximum Gasteiger partial charge on any atom is 0.134 e. The Morgan fingerprint density at radius 3 is 2.65 bits per heavy atom. The molecule has 2 heterocycles. The van der Waals surface area contributed by atoms with Crippen LogP contribution in [0.2, 0.25) is 0 Å². The van der Waals surface area contributed by atoms with Gasteiger partial charge in [-0.1, -0.05) is 20.8 Å². The molecule has 0 spiro atoms. The zero-order valence-corrected chi connectivity index (χ0v) is 12.9. The number of aromatic nitrogens is 2. The van der Waals surface area contributed by atoms with E-state index >= 15 is 0 Å². The summed E-state index contributed by atoms with van der Waals surface area (Å²) in [6.07, 6.45) is 4.84. The minimum atomic E-state index is 0.339. The lowest BCUT2D eigenvalue weighted by molar-refractivity contribution is 0.389. The first-order valence-corrected chi connectivity index (χ1v) is 7.50. The molecule has 1 aromatic rings. The molecule has 20 heavy (non-hydrogen) atoms. The number of piperidine rings is 1. The fourth-order valence-electron chi connectivity index (χ4n) is 2.31. The van der Waals surface area contributed by atoms with Crippen molar-refractivity contribution in [2.45, 2.75) is 46.1 Å². The average molecular weight is 277 g/mol. The number of hydrogen-bond donors (Lipinski definition) is 2. The highest BCUT2D eigenvalue weighted by molar-refractivity contribution is 5.48. The molecule has 0 aliphatic carbocycles. The molecule has 1 aromatic heterocycles. The predicted molar refractivity (Wildman–Crippen MR) is 84.0 cm³/mol. The van der Waals surface area contributed by atoms with Gasteiger partial charge in [0.2, 0.25) is 0 Å². The van der Waals surface area contributed by atoms with Crippen LogP contribution in [-0.4, -0.2) is 35.6 Å². The molecular formula is C15H27N5. The van der Waals surface area contributed by atoms with E-state index in [1.807, 2.05) is 6.07 Å². The Bertz CT molecular complexity index is 419. The Morgan fingerprint density at radius 2 is 2.00 bits per heavy atom. The van der Waals surface area contributed by atoms with Gasteiger partial charge in [0.25, 0.3) is 0 Å². The molecule has 0 amide bonds.